The van der Waals surface area contributed by atoms with Gasteiger partial charge in [-0.2, -0.15) is 0 Å². The first-order valence-corrected chi connectivity index (χ1v) is 4.47. The maximum atomic E-state index is 2.35. The van der Waals surface area contributed by atoms with Crippen LogP contribution in [0.25, 0.3) is 0 Å². The molecule has 0 amide bonds. The van der Waals surface area contributed by atoms with Crippen LogP contribution in [0.5, 0.6) is 0 Å². The van der Waals surface area contributed by atoms with Crippen LogP contribution < -0.4 is 0 Å². The van der Waals surface area contributed by atoms with Crippen LogP contribution >= 0.6 is 0 Å². The molecule has 1 rings (SSSR count). The second-order valence-electron chi connectivity index (χ2n) is 2.68. The summed E-state index contributed by atoms with van der Waals surface area (Å²) in [7, 11) is 0. The summed E-state index contributed by atoms with van der Waals surface area (Å²) in [6.45, 7) is 6.69. The van der Waals surface area contributed by atoms with Crippen LogP contribution in [0.1, 0.15) is 20.8 Å². The zero-order chi connectivity index (χ0) is 7.02. The molecule has 0 spiro atoms. The second-order valence-corrected chi connectivity index (χ2v) is 4.00. The maximum absolute atomic E-state index is 2.35. The summed E-state index contributed by atoms with van der Waals surface area (Å²) in [4.78, 5) is 0. The fraction of sp³-hybridized carbons (Fsp3) is 0.500. The Bertz CT molecular complexity index is 194. The Labute approximate surface area is 81.3 Å². The van der Waals surface area contributed by atoms with Crippen molar-refractivity contribution >= 4 is 0 Å². The average Bonchev–Trinajstić information content (AvgIpc) is 1.98. The summed E-state index contributed by atoms with van der Waals surface area (Å²) < 4.78 is 1.62. The Morgan fingerprint density at radius 3 is 1.82 bits per heavy atom. The molecular weight excluding hydrogens is 225 g/mol. The van der Waals surface area contributed by atoms with Crippen LogP contribution in [0.4, 0.5) is 9.41 Å². The summed E-state index contributed by atoms with van der Waals surface area (Å²) >= 11 is 1.58. The number of rotatable bonds is 0. The third-order valence-electron chi connectivity index (χ3n) is 1.95. The van der Waals surface area contributed by atoms with Gasteiger partial charge in [0.2, 0.25) is 0 Å². The predicted octanol–water partition coefficient (Wildman–Crippen LogP) is 2.71. The van der Waals surface area contributed by atoms with E-state index in [-0.39, 0.29) is 9.41 Å². The molecule has 0 N–H and O–H groups in total. The van der Waals surface area contributed by atoms with Gasteiger partial charge in [-0.15, -0.1) is 0 Å². The van der Waals surface area contributed by atoms with E-state index in [4.69, 9.17) is 0 Å². The van der Waals surface area contributed by atoms with Gasteiger partial charge in [0.25, 0.3) is 0 Å². The Kier molecular flexibility index (Phi) is 6.23. The van der Waals surface area contributed by atoms with Gasteiger partial charge in [0.15, 0.2) is 0 Å². The Hall–Kier alpha value is 0.223. The molecule has 1 aliphatic rings. The van der Waals surface area contributed by atoms with Crippen LogP contribution in [0.15, 0.2) is 20.5 Å². The first kappa shape index (κ1) is 13.8. The van der Waals surface area contributed by atoms with Crippen molar-refractivity contribution in [3.63, 3.8) is 0 Å². The molecule has 11 heavy (non-hydrogen) atoms. The molecule has 0 aromatic carbocycles. The first-order chi connectivity index (χ1) is 4.13. The molecule has 1 atom stereocenters. The van der Waals surface area contributed by atoms with E-state index in [1.807, 2.05) is 0 Å². The van der Waals surface area contributed by atoms with Crippen LogP contribution in [-0.2, 0) is 24.7 Å². The number of hydrogen-bond donors (Lipinski definition) is 0. The third-order valence-corrected chi connectivity index (χ3v) is 3.99. The summed E-state index contributed by atoms with van der Waals surface area (Å²) in [6, 6.07) is 0. The van der Waals surface area contributed by atoms with Crippen molar-refractivity contribution in [2.75, 3.05) is 0 Å². The van der Waals surface area contributed by atoms with Gasteiger partial charge in [-0.3, -0.25) is 9.41 Å². The summed E-state index contributed by atoms with van der Waals surface area (Å²) in [6.07, 6.45) is 2.35. The monoisotopic (exact) mass is 237 g/mol. The topological polar surface area (TPSA) is 0 Å². The quantitative estimate of drug-likeness (QED) is 0.609. The predicted molar refractivity (Wildman–Crippen MR) is 40.6 cm³/mol. The smallest absolute Gasteiger partial charge is 0.269 e. The molecule has 0 saturated heterocycles. The largest absolute Gasteiger partial charge is 0.269 e. The Balaban J connectivity index is 0. The van der Waals surface area contributed by atoms with Crippen LogP contribution in [0, 0.1) is 5.92 Å². The molecule has 0 saturated carbocycles. The number of hydrogen-bond acceptors (Lipinski definition) is 0. The second kappa shape index (κ2) is 4.97. The molecular formula is C8H13F2Zr. The molecule has 1 aliphatic carbocycles. The molecule has 0 aromatic rings. The minimum atomic E-state index is 0. The van der Waals surface area contributed by atoms with Gasteiger partial charge in [0, 0.05) is 0 Å². The Morgan fingerprint density at radius 2 is 1.73 bits per heavy atom. The van der Waals surface area contributed by atoms with Gasteiger partial charge in [-0.25, -0.2) is 0 Å². The first-order valence-electron chi connectivity index (χ1n) is 3.24. The maximum Gasteiger partial charge on any atom is -0.269 e. The van der Waals surface area contributed by atoms with Crippen LogP contribution in [-0.4, -0.2) is 0 Å². The Morgan fingerprint density at radius 1 is 1.27 bits per heavy atom. The van der Waals surface area contributed by atoms with E-state index in [0.29, 0.717) is 0 Å². The molecule has 0 nitrogen and oxygen atoms in total. The van der Waals surface area contributed by atoms with E-state index in [9.17, 15) is 0 Å². The fourth-order valence-electron chi connectivity index (χ4n) is 1.14. The molecule has 0 radical (unpaired) electrons. The van der Waals surface area contributed by atoms with Crippen molar-refractivity contribution in [3.8, 4) is 0 Å². The molecule has 63 valence electrons. The van der Waals surface area contributed by atoms with E-state index in [2.05, 4.69) is 26.8 Å². The summed E-state index contributed by atoms with van der Waals surface area (Å²) in [5.41, 5.74) is 3.01. The van der Waals surface area contributed by atoms with Gasteiger partial charge in [-0.1, -0.05) is 0 Å². The number of halogens is 2. The van der Waals surface area contributed by atoms with E-state index in [1.165, 1.54) is 11.1 Å². The van der Waals surface area contributed by atoms with Gasteiger partial charge >= 0.3 is 71.9 Å². The minimum absolute atomic E-state index is 0. The van der Waals surface area contributed by atoms with Gasteiger partial charge < -0.3 is 0 Å². The van der Waals surface area contributed by atoms with E-state index >= 15 is 0 Å². The van der Waals surface area contributed by atoms with Crippen molar-refractivity contribution in [1.82, 2.24) is 0 Å². The zero-order valence-corrected chi connectivity index (χ0v) is 9.43. The molecule has 0 heterocycles. The van der Waals surface area contributed by atoms with E-state index < -0.39 is 0 Å². The molecule has 0 aromatic heterocycles. The number of allylic oxidation sites excluding steroid dienone is 4. The van der Waals surface area contributed by atoms with Crippen molar-refractivity contribution < 1.29 is 34.1 Å². The standard InChI is InChI=1S/C8H11.2FH.Zr/c1-6-4-7(2)8(3)5-6;;;/h4,6H,1-3H3;2*1H;. The fourth-order valence-corrected chi connectivity index (χ4v) is 1.83. The van der Waals surface area contributed by atoms with E-state index in [0.717, 1.165) is 5.92 Å². The van der Waals surface area contributed by atoms with Gasteiger partial charge in [0.05, 0.1) is 0 Å². The van der Waals surface area contributed by atoms with Crippen molar-refractivity contribution in [3.05, 3.63) is 20.5 Å². The third kappa shape index (κ3) is 2.63. The molecule has 0 aliphatic heterocycles. The van der Waals surface area contributed by atoms with Crippen LogP contribution in [0.3, 0.4) is 0 Å². The molecule has 1 unspecified atom stereocenters. The van der Waals surface area contributed by atoms with Crippen LogP contribution in [0.2, 0.25) is 0 Å². The van der Waals surface area contributed by atoms with Crippen molar-refractivity contribution in [2.45, 2.75) is 20.8 Å². The summed E-state index contributed by atoms with van der Waals surface area (Å²) in [5, 5.41) is 0. The van der Waals surface area contributed by atoms with Gasteiger partial charge in [0.1, 0.15) is 0 Å². The van der Waals surface area contributed by atoms with E-state index in [1.54, 1.807) is 28.0 Å². The van der Waals surface area contributed by atoms with Gasteiger partial charge in [-0.05, 0) is 0 Å². The SMILES string of the molecule is CC1=CC(C)[C]([Zr])=C1C.F.F. The molecule has 0 bridgehead atoms. The van der Waals surface area contributed by atoms with Crippen molar-refractivity contribution in [2.24, 2.45) is 5.92 Å². The average molecular weight is 238 g/mol. The minimum Gasteiger partial charge on any atom is -0.269 e. The molecule has 0 fully saturated rings. The zero-order valence-electron chi connectivity index (χ0n) is 6.97. The molecule has 3 heteroatoms. The normalized spacial score (nSPS) is 22.0. The summed E-state index contributed by atoms with van der Waals surface area (Å²) in [5.74, 6) is 0.725. The van der Waals surface area contributed by atoms with Crippen molar-refractivity contribution in [1.29, 1.82) is 0 Å².